The van der Waals surface area contributed by atoms with Gasteiger partial charge in [0.1, 0.15) is 5.69 Å². The first-order valence-electron chi connectivity index (χ1n) is 7.37. The molecule has 0 saturated heterocycles. The lowest BCUT2D eigenvalue weighted by atomic mass is 10.2. The van der Waals surface area contributed by atoms with Crippen LogP contribution in [0.25, 0.3) is 11.0 Å². The molecule has 3 aromatic rings. The number of furan rings is 1. The number of halogens is 2. The van der Waals surface area contributed by atoms with E-state index in [0.29, 0.717) is 21.4 Å². The Morgan fingerprint density at radius 3 is 2.92 bits per heavy atom. The van der Waals surface area contributed by atoms with Crippen LogP contribution in [0.15, 0.2) is 50.4 Å². The number of rotatable bonds is 6. The predicted octanol–water partition coefficient (Wildman–Crippen LogP) is 3.26. The molecule has 0 spiro atoms. The number of para-hydroxylation sites is 1. The number of carbonyl (C=O) groups is 1. The minimum Gasteiger partial charge on any atom is -0.480 e. The molecule has 0 bridgehead atoms. The predicted molar refractivity (Wildman–Crippen MR) is 95.7 cm³/mol. The first kappa shape index (κ1) is 17.9. The monoisotopic (exact) mass is 421 g/mol. The van der Waals surface area contributed by atoms with Gasteiger partial charge in [-0.15, -0.1) is 0 Å². The van der Waals surface area contributed by atoms with Gasteiger partial charge in [0.25, 0.3) is 0 Å². The van der Waals surface area contributed by atoms with Crippen LogP contribution in [0.3, 0.4) is 0 Å². The van der Waals surface area contributed by atoms with Crippen LogP contribution < -0.4 is 10.5 Å². The number of nitrogens with two attached hydrogens (primary N) is 1. The van der Waals surface area contributed by atoms with E-state index < -0.39 is 18.2 Å². The fourth-order valence-electron chi connectivity index (χ4n) is 2.15. The number of pyridine rings is 1. The summed E-state index contributed by atoms with van der Waals surface area (Å²) in [5.41, 5.74) is 6.12. The SMILES string of the molecule is COc1nc(/C(N)=N/OCC(=O)c2cc3cccc(F)c3o2)ccc1Br. The molecule has 0 atom stereocenters. The third-order valence-electron chi connectivity index (χ3n) is 3.40. The van der Waals surface area contributed by atoms with E-state index in [1.807, 2.05) is 0 Å². The molecule has 0 aliphatic rings. The minimum absolute atomic E-state index is 0.0185. The van der Waals surface area contributed by atoms with Crippen molar-refractivity contribution in [2.45, 2.75) is 0 Å². The number of amidine groups is 1. The van der Waals surface area contributed by atoms with E-state index >= 15 is 0 Å². The maximum Gasteiger partial charge on any atom is 0.238 e. The number of oxime groups is 1. The topological polar surface area (TPSA) is 99.9 Å². The van der Waals surface area contributed by atoms with Crippen molar-refractivity contribution in [3.63, 3.8) is 0 Å². The Labute approximate surface area is 155 Å². The highest BCUT2D eigenvalue weighted by atomic mass is 79.9. The standard InChI is InChI=1S/C17H13BrFN3O4/c1-24-17-10(18)5-6-12(21-17)16(20)22-25-8-13(23)14-7-9-3-2-4-11(19)15(9)26-14/h2-7H,8H2,1H3,(H2,20,22). The average Bonchev–Trinajstić information content (AvgIpc) is 3.08. The van der Waals surface area contributed by atoms with Crippen LogP contribution in [0.1, 0.15) is 16.2 Å². The molecule has 1 aromatic carbocycles. The van der Waals surface area contributed by atoms with Crippen molar-refractivity contribution in [3.05, 3.63) is 58.1 Å². The molecule has 0 saturated carbocycles. The van der Waals surface area contributed by atoms with Gasteiger partial charge in [0.2, 0.25) is 11.7 Å². The van der Waals surface area contributed by atoms with Gasteiger partial charge >= 0.3 is 0 Å². The van der Waals surface area contributed by atoms with Crippen molar-refractivity contribution in [1.82, 2.24) is 4.98 Å². The molecular formula is C17H13BrFN3O4. The Morgan fingerprint density at radius 2 is 2.19 bits per heavy atom. The summed E-state index contributed by atoms with van der Waals surface area (Å²) in [6.07, 6.45) is 0. The Morgan fingerprint density at radius 1 is 1.38 bits per heavy atom. The van der Waals surface area contributed by atoms with Gasteiger partial charge in [0.15, 0.2) is 29.6 Å². The molecular weight excluding hydrogens is 409 g/mol. The molecule has 134 valence electrons. The molecule has 0 amide bonds. The van der Waals surface area contributed by atoms with Crippen LogP contribution in [0.4, 0.5) is 4.39 Å². The number of hydrogen-bond acceptors (Lipinski definition) is 6. The first-order chi connectivity index (χ1) is 12.5. The molecule has 0 fully saturated rings. The third-order valence-corrected chi connectivity index (χ3v) is 4.00. The third kappa shape index (κ3) is 3.67. The summed E-state index contributed by atoms with van der Waals surface area (Å²) in [6, 6.07) is 9.17. The summed E-state index contributed by atoms with van der Waals surface area (Å²) in [7, 11) is 1.47. The molecule has 26 heavy (non-hydrogen) atoms. The lowest BCUT2D eigenvalue weighted by Crippen LogP contribution is -2.17. The van der Waals surface area contributed by atoms with E-state index in [2.05, 4.69) is 26.1 Å². The zero-order valence-electron chi connectivity index (χ0n) is 13.5. The fourth-order valence-corrected chi connectivity index (χ4v) is 2.54. The van der Waals surface area contributed by atoms with E-state index in [1.54, 1.807) is 18.2 Å². The average molecular weight is 422 g/mol. The lowest BCUT2D eigenvalue weighted by molar-refractivity contribution is 0.0750. The van der Waals surface area contributed by atoms with E-state index in [-0.39, 0.29) is 17.2 Å². The smallest absolute Gasteiger partial charge is 0.238 e. The van der Waals surface area contributed by atoms with Gasteiger partial charge in [0.05, 0.1) is 11.6 Å². The summed E-state index contributed by atoms with van der Waals surface area (Å²) >= 11 is 3.28. The van der Waals surface area contributed by atoms with Gasteiger partial charge in [0, 0.05) is 5.39 Å². The normalized spacial score (nSPS) is 11.6. The summed E-state index contributed by atoms with van der Waals surface area (Å²) in [5, 5.41) is 4.15. The summed E-state index contributed by atoms with van der Waals surface area (Å²) in [4.78, 5) is 21.2. The molecule has 9 heteroatoms. The van der Waals surface area contributed by atoms with Crippen LogP contribution in [-0.2, 0) is 4.84 Å². The zero-order chi connectivity index (χ0) is 18.7. The minimum atomic E-state index is -0.542. The maximum atomic E-state index is 13.6. The number of ether oxygens (including phenoxy) is 1. The number of fused-ring (bicyclic) bond motifs is 1. The molecule has 0 aliphatic heterocycles. The van der Waals surface area contributed by atoms with E-state index in [4.69, 9.17) is 19.7 Å². The molecule has 7 nitrogen and oxygen atoms in total. The number of nitrogens with zero attached hydrogens (tertiary/aromatic N) is 2. The first-order valence-corrected chi connectivity index (χ1v) is 8.16. The van der Waals surface area contributed by atoms with Crippen molar-refractivity contribution in [2.75, 3.05) is 13.7 Å². The van der Waals surface area contributed by atoms with E-state index in [9.17, 15) is 9.18 Å². The second-order valence-corrected chi connectivity index (χ2v) is 5.98. The maximum absolute atomic E-state index is 13.6. The molecule has 3 rings (SSSR count). The number of aromatic nitrogens is 1. The van der Waals surface area contributed by atoms with Gasteiger partial charge in [-0.25, -0.2) is 9.37 Å². The van der Waals surface area contributed by atoms with E-state index in [1.165, 1.54) is 25.3 Å². The lowest BCUT2D eigenvalue weighted by Gasteiger charge is -2.05. The zero-order valence-corrected chi connectivity index (χ0v) is 15.1. The van der Waals surface area contributed by atoms with Gasteiger partial charge in [-0.2, -0.15) is 0 Å². The Balaban J connectivity index is 1.68. The Bertz CT molecular complexity index is 1000. The van der Waals surface area contributed by atoms with Crippen LogP contribution in [0.2, 0.25) is 0 Å². The van der Waals surface area contributed by atoms with Crippen LogP contribution in [0, 0.1) is 5.82 Å². The number of carbonyl (C=O) groups excluding carboxylic acids is 1. The second-order valence-electron chi connectivity index (χ2n) is 5.13. The highest BCUT2D eigenvalue weighted by molar-refractivity contribution is 9.10. The molecule has 2 N–H and O–H groups in total. The van der Waals surface area contributed by atoms with Crippen molar-refractivity contribution < 1.29 is 23.2 Å². The van der Waals surface area contributed by atoms with Crippen molar-refractivity contribution >= 4 is 38.5 Å². The highest BCUT2D eigenvalue weighted by Gasteiger charge is 2.15. The van der Waals surface area contributed by atoms with Gasteiger partial charge in [-0.3, -0.25) is 4.79 Å². The van der Waals surface area contributed by atoms with Gasteiger partial charge in [-0.1, -0.05) is 17.3 Å². The second kappa shape index (κ2) is 7.52. The van der Waals surface area contributed by atoms with Crippen molar-refractivity contribution in [1.29, 1.82) is 0 Å². The quantitative estimate of drug-likeness (QED) is 0.283. The number of ketones is 1. The molecule has 2 heterocycles. The Hall–Kier alpha value is -2.94. The molecule has 0 radical (unpaired) electrons. The number of benzene rings is 1. The largest absolute Gasteiger partial charge is 0.480 e. The summed E-state index contributed by atoms with van der Waals surface area (Å²) in [5.74, 6) is -0.763. The number of methoxy groups -OCH3 is 1. The molecule has 0 unspecified atom stereocenters. The molecule has 2 aromatic heterocycles. The van der Waals surface area contributed by atoms with Crippen molar-refractivity contribution in [3.8, 4) is 5.88 Å². The van der Waals surface area contributed by atoms with Gasteiger partial charge in [-0.05, 0) is 40.2 Å². The van der Waals surface area contributed by atoms with Crippen LogP contribution in [0.5, 0.6) is 5.88 Å². The Kier molecular flexibility index (Phi) is 5.17. The number of Topliss-reactive ketones (excluding diaryl/α,β-unsaturated/α-hetero) is 1. The van der Waals surface area contributed by atoms with Gasteiger partial charge < -0.3 is 19.7 Å². The van der Waals surface area contributed by atoms with Crippen LogP contribution >= 0.6 is 15.9 Å². The summed E-state index contributed by atoms with van der Waals surface area (Å²) < 4.78 is 24.6. The van der Waals surface area contributed by atoms with Crippen molar-refractivity contribution in [2.24, 2.45) is 10.9 Å². The molecule has 0 aliphatic carbocycles. The fraction of sp³-hybridized carbons (Fsp3) is 0.118. The van der Waals surface area contributed by atoms with E-state index in [0.717, 1.165) is 0 Å². The number of hydrogen-bond donors (Lipinski definition) is 1. The highest BCUT2D eigenvalue weighted by Crippen LogP contribution is 2.23. The summed E-state index contributed by atoms with van der Waals surface area (Å²) in [6.45, 7) is -0.421. The van der Waals surface area contributed by atoms with Crippen LogP contribution in [-0.4, -0.2) is 30.3 Å².